The summed E-state index contributed by atoms with van der Waals surface area (Å²) in [5, 5.41) is 9.58. The number of rotatable bonds is 3. The molecule has 0 radical (unpaired) electrons. The highest BCUT2D eigenvalue weighted by atomic mass is 16.6. The van der Waals surface area contributed by atoms with Gasteiger partial charge >= 0.3 is 12.1 Å². The number of aliphatic carboxylic acids is 1. The third kappa shape index (κ3) is 2.45. The van der Waals surface area contributed by atoms with Gasteiger partial charge in [-0.3, -0.25) is 4.90 Å². The number of amides is 1. The summed E-state index contributed by atoms with van der Waals surface area (Å²) >= 11 is 0. The quantitative estimate of drug-likeness (QED) is 0.860. The van der Waals surface area contributed by atoms with E-state index in [0.29, 0.717) is 6.42 Å². The average Bonchev–Trinajstić information content (AvgIpc) is 3.23. The molecular formula is C23H23NO4. The molecule has 1 saturated heterocycles. The van der Waals surface area contributed by atoms with Crippen LogP contribution in [0.3, 0.4) is 0 Å². The highest BCUT2D eigenvalue weighted by Crippen LogP contribution is 2.49. The lowest BCUT2D eigenvalue weighted by Gasteiger charge is -2.46. The molecule has 2 aliphatic carbocycles. The summed E-state index contributed by atoms with van der Waals surface area (Å²) in [5.74, 6) is -0.947. The van der Waals surface area contributed by atoms with E-state index < -0.39 is 18.1 Å². The topological polar surface area (TPSA) is 66.8 Å². The monoisotopic (exact) mass is 377 g/mol. The molecule has 3 aliphatic rings. The molecule has 2 fully saturated rings. The number of fused-ring (bicyclic) bond motifs is 3. The van der Waals surface area contributed by atoms with E-state index >= 15 is 0 Å². The molecule has 1 atom stereocenters. The van der Waals surface area contributed by atoms with Crippen LogP contribution >= 0.6 is 0 Å². The SMILES string of the molecule is O=C(O)C1CCC2(CCC2)N1C(=O)OCC1c2ccccc2-c2ccccc21. The Hall–Kier alpha value is -2.82. The molecule has 2 aromatic rings. The molecule has 2 aromatic carbocycles. The molecule has 1 aliphatic heterocycles. The van der Waals surface area contributed by atoms with E-state index in [1.54, 1.807) is 0 Å². The fraction of sp³-hybridized carbons (Fsp3) is 0.391. The maximum atomic E-state index is 13.0. The van der Waals surface area contributed by atoms with Gasteiger partial charge in [0.1, 0.15) is 12.6 Å². The minimum Gasteiger partial charge on any atom is -0.480 e. The van der Waals surface area contributed by atoms with Crippen LogP contribution in [0.5, 0.6) is 0 Å². The molecule has 1 unspecified atom stereocenters. The zero-order valence-electron chi connectivity index (χ0n) is 15.6. The number of hydrogen-bond donors (Lipinski definition) is 1. The van der Waals surface area contributed by atoms with Crippen LogP contribution in [0.25, 0.3) is 11.1 Å². The van der Waals surface area contributed by atoms with Crippen molar-refractivity contribution < 1.29 is 19.4 Å². The van der Waals surface area contributed by atoms with Crippen LogP contribution in [0.2, 0.25) is 0 Å². The first kappa shape index (κ1) is 17.3. The first-order chi connectivity index (χ1) is 13.6. The van der Waals surface area contributed by atoms with Crippen molar-refractivity contribution in [1.29, 1.82) is 0 Å². The minimum atomic E-state index is -0.933. The van der Waals surface area contributed by atoms with Crippen molar-refractivity contribution in [2.24, 2.45) is 0 Å². The van der Waals surface area contributed by atoms with Crippen molar-refractivity contribution in [3.8, 4) is 11.1 Å². The molecule has 28 heavy (non-hydrogen) atoms. The Bertz CT molecular complexity index is 904. The molecular weight excluding hydrogens is 354 g/mol. The second-order valence-electron chi connectivity index (χ2n) is 8.14. The predicted octanol–water partition coefficient (Wildman–Crippen LogP) is 4.41. The lowest BCUT2D eigenvalue weighted by molar-refractivity contribution is -0.143. The van der Waals surface area contributed by atoms with Crippen molar-refractivity contribution in [2.75, 3.05) is 6.61 Å². The first-order valence-electron chi connectivity index (χ1n) is 9.98. The van der Waals surface area contributed by atoms with Crippen LogP contribution in [0.1, 0.15) is 49.1 Å². The van der Waals surface area contributed by atoms with E-state index in [0.717, 1.165) is 36.8 Å². The van der Waals surface area contributed by atoms with Gasteiger partial charge in [0.05, 0.1) is 0 Å². The molecule has 1 saturated carbocycles. The molecule has 1 N–H and O–H groups in total. The van der Waals surface area contributed by atoms with E-state index in [1.165, 1.54) is 16.0 Å². The Labute approximate surface area is 163 Å². The van der Waals surface area contributed by atoms with E-state index in [9.17, 15) is 14.7 Å². The van der Waals surface area contributed by atoms with Gasteiger partial charge < -0.3 is 9.84 Å². The van der Waals surface area contributed by atoms with Crippen LogP contribution in [0, 0.1) is 0 Å². The Morgan fingerprint density at radius 3 is 2.14 bits per heavy atom. The Morgan fingerprint density at radius 2 is 1.61 bits per heavy atom. The van der Waals surface area contributed by atoms with Crippen LogP contribution < -0.4 is 0 Å². The summed E-state index contributed by atoms with van der Waals surface area (Å²) in [6.07, 6.45) is 3.58. The summed E-state index contributed by atoms with van der Waals surface area (Å²) in [6.45, 7) is 0.228. The first-order valence-corrected chi connectivity index (χ1v) is 9.98. The number of carbonyl (C=O) groups excluding carboxylic acids is 1. The smallest absolute Gasteiger partial charge is 0.411 e. The second-order valence-corrected chi connectivity index (χ2v) is 8.14. The number of nitrogens with zero attached hydrogens (tertiary/aromatic N) is 1. The number of benzene rings is 2. The lowest BCUT2D eigenvalue weighted by atomic mass is 9.75. The molecule has 1 heterocycles. The van der Waals surface area contributed by atoms with Gasteiger partial charge in [-0.15, -0.1) is 0 Å². The van der Waals surface area contributed by atoms with E-state index in [1.807, 2.05) is 24.3 Å². The number of carboxylic acid groups (broad SMARTS) is 1. The normalized spacial score (nSPS) is 21.9. The molecule has 5 heteroatoms. The number of ether oxygens (including phenoxy) is 1. The van der Waals surface area contributed by atoms with Gasteiger partial charge in [-0.25, -0.2) is 9.59 Å². The van der Waals surface area contributed by atoms with Gasteiger partial charge in [0, 0.05) is 11.5 Å². The Morgan fingerprint density at radius 1 is 1.00 bits per heavy atom. The summed E-state index contributed by atoms with van der Waals surface area (Å²) in [5.41, 5.74) is 4.38. The highest BCUT2D eigenvalue weighted by Gasteiger charge is 2.55. The fourth-order valence-electron chi connectivity index (χ4n) is 5.28. The largest absolute Gasteiger partial charge is 0.480 e. The molecule has 144 valence electrons. The Kier molecular flexibility index (Phi) is 3.93. The van der Waals surface area contributed by atoms with Crippen LogP contribution in [0.15, 0.2) is 48.5 Å². The van der Waals surface area contributed by atoms with E-state index in [4.69, 9.17) is 4.74 Å². The van der Waals surface area contributed by atoms with Crippen molar-refractivity contribution in [1.82, 2.24) is 4.90 Å². The number of carbonyl (C=O) groups is 2. The van der Waals surface area contributed by atoms with Gasteiger partial charge in [-0.2, -0.15) is 0 Å². The van der Waals surface area contributed by atoms with Gasteiger partial charge in [-0.05, 0) is 54.4 Å². The van der Waals surface area contributed by atoms with Gasteiger partial charge in [0.2, 0.25) is 0 Å². The van der Waals surface area contributed by atoms with Crippen LogP contribution in [0.4, 0.5) is 4.79 Å². The van der Waals surface area contributed by atoms with E-state index in [2.05, 4.69) is 24.3 Å². The zero-order valence-corrected chi connectivity index (χ0v) is 15.6. The standard InChI is InChI=1S/C23H23NO4/c25-21(26)20-10-13-23(11-5-12-23)24(20)22(27)28-14-19-17-8-3-1-6-15(17)16-7-2-4-9-18(16)19/h1-4,6-9,19-20H,5,10-14H2,(H,25,26). The Balaban J connectivity index is 1.39. The minimum absolute atomic E-state index is 0.0143. The van der Waals surface area contributed by atoms with Gasteiger partial charge in [-0.1, -0.05) is 48.5 Å². The zero-order chi connectivity index (χ0) is 19.3. The van der Waals surface area contributed by atoms with Gasteiger partial charge in [0.15, 0.2) is 0 Å². The van der Waals surface area contributed by atoms with Crippen molar-refractivity contribution in [3.05, 3.63) is 59.7 Å². The molecule has 0 bridgehead atoms. The molecule has 1 spiro atoms. The molecule has 0 aromatic heterocycles. The summed E-state index contributed by atoms with van der Waals surface area (Å²) in [6, 6.07) is 15.6. The number of likely N-dealkylation sites (tertiary alicyclic amines) is 1. The second kappa shape index (κ2) is 6.36. The third-order valence-corrected chi connectivity index (χ3v) is 6.81. The predicted molar refractivity (Wildman–Crippen MR) is 104 cm³/mol. The fourth-order valence-corrected chi connectivity index (χ4v) is 5.28. The van der Waals surface area contributed by atoms with Crippen LogP contribution in [-0.2, 0) is 9.53 Å². The van der Waals surface area contributed by atoms with E-state index in [-0.39, 0.29) is 18.1 Å². The van der Waals surface area contributed by atoms with Crippen LogP contribution in [-0.4, -0.2) is 40.3 Å². The maximum Gasteiger partial charge on any atom is 0.411 e. The number of carboxylic acids is 1. The summed E-state index contributed by atoms with van der Waals surface area (Å²) < 4.78 is 5.76. The molecule has 1 amide bonds. The molecule has 5 rings (SSSR count). The lowest BCUT2D eigenvalue weighted by Crippen LogP contribution is -2.56. The number of hydrogen-bond acceptors (Lipinski definition) is 3. The van der Waals surface area contributed by atoms with Crippen molar-refractivity contribution in [3.63, 3.8) is 0 Å². The maximum absolute atomic E-state index is 13.0. The third-order valence-electron chi connectivity index (χ3n) is 6.81. The van der Waals surface area contributed by atoms with Crippen molar-refractivity contribution in [2.45, 2.75) is 49.6 Å². The average molecular weight is 377 g/mol. The van der Waals surface area contributed by atoms with Crippen molar-refractivity contribution >= 4 is 12.1 Å². The van der Waals surface area contributed by atoms with Gasteiger partial charge in [0.25, 0.3) is 0 Å². The highest BCUT2D eigenvalue weighted by molar-refractivity contribution is 5.82. The molecule has 5 nitrogen and oxygen atoms in total. The summed E-state index contributed by atoms with van der Waals surface area (Å²) in [4.78, 5) is 26.2. The summed E-state index contributed by atoms with van der Waals surface area (Å²) in [7, 11) is 0.